The zero-order valence-electron chi connectivity index (χ0n) is 16.2. The molecule has 0 saturated carbocycles. The van der Waals surface area contributed by atoms with Gasteiger partial charge >= 0.3 is 0 Å². The van der Waals surface area contributed by atoms with Crippen molar-refractivity contribution < 1.29 is 8.78 Å². The Bertz CT molecular complexity index is 477. The zero-order valence-corrected chi connectivity index (χ0v) is 16.2. The predicted molar refractivity (Wildman–Crippen MR) is 98.8 cm³/mol. The quantitative estimate of drug-likeness (QED) is 0.747. The summed E-state index contributed by atoms with van der Waals surface area (Å²) in [5.74, 6) is -1.29. The van der Waals surface area contributed by atoms with Gasteiger partial charge in [0.2, 0.25) is 0 Å². The lowest BCUT2D eigenvalue weighted by atomic mass is 9.69. The van der Waals surface area contributed by atoms with Crippen molar-refractivity contribution in [2.45, 2.75) is 46.0 Å². The Morgan fingerprint density at radius 1 is 1.08 bits per heavy atom. The van der Waals surface area contributed by atoms with E-state index in [4.69, 9.17) is 0 Å². The van der Waals surface area contributed by atoms with Crippen LogP contribution in [0.5, 0.6) is 0 Å². The third kappa shape index (κ3) is 4.02. The van der Waals surface area contributed by atoms with E-state index in [9.17, 15) is 8.78 Å². The number of nitrogens with zero attached hydrogens (tertiary/aromatic N) is 3. The van der Waals surface area contributed by atoms with Gasteiger partial charge in [0.25, 0.3) is 5.92 Å². The summed E-state index contributed by atoms with van der Waals surface area (Å²) >= 11 is 0. The zero-order chi connectivity index (χ0) is 18.2. The molecule has 0 N–H and O–H groups in total. The van der Waals surface area contributed by atoms with Crippen molar-refractivity contribution in [2.75, 3.05) is 52.4 Å². The Morgan fingerprint density at radius 3 is 2.24 bits per heavy atom. The Labute approximate surface area is 152 Å². The molecular formula is C20H35F2N3. The van der Waals surface area contributed by atoms with Gasteiger partial charge < -0.3 is 9.80 Å². The second kappa shape index (κ2) is 7.15. The van der Waals surface area contributed by atoms with Crippen molar-refractivity contribution >= 4 is 0 Å². The van der Waals surface area contributed by atoms with E-state index < -0.39 is 11.3 Å². The van der Waals surface area contributed by atoms with Crippen molar-refractivity contribution in [1.82, 2.24) is 14.7 Å². The smallest absolute Gasteiger partial charge is 0.269 e. The maximum atomic E-state index is 14.8. The molecule has 0 aliphatic carbocycles. The van der Waals surface area contributed by atoms with Gasteiger partial charge in [0, 0.05) is 31.9 Å². The molecule has 3 fully saturated rings. The molecule has 0 bridgehead atoms. The molecule has 0 aromatic rings. The Morgan fingerprint density at radius 2 is 1.72 bits per heavy atom. The van der Waals surface area contributed by atoms with Crippen molar-refractivity contribution in [3.05, 3.63) is 12.3 Å². The average Bonchev–Trinajstić information content (AvgIpc) is 2.45. The van der Waals surface area contributed by atoms with E-state index in [1.807, 2.05) is 16.7 Å². The van der Waals surface area contributed by atoms with Gasteiger partial charge in [-0.25, -0.2) is 8.78 Å². The first kappa shape index (κ1) is 19.1. The number of allylic oxidation sites excluding steroid dienone is 1. The van der Waals surface area contributed by atoms with Crippen LogP contribution in [-0.4, -0.2) is 73.0 Å². The summed E-state index contributed by atoms with van der Waals surface area (Å²) in [6.45, 7) is 16.3. The predicted octanol–water partition coefficient (Wildman–Crippen LogP) is 3.53. The van der Waals surface area contributed by atoms with Crippen LogP contribution in [-0.2, 0) is 0 Å². The molecular weight excluding hydrogens is 320 g/mol. The van der Waals surface area contributed by atoms with E-state index in [1.54, 1.807) is 0 Å². The van der Waals surface area contributed by atoms with E-state index in [2.05, 4.69) is 25.3 Å². The van der Waals surface area contributed by atoms with Gasteiger partial charge in [-0.3, -0.25) is 4.90 Å². The van der Waals surface area contributed by atoms with Crippen LogP contribution in [0.2, 0.25) is 0 Å². The summed E-state index contributed by atoms with van der Waals surface area (Å²) in [6, 6.07) is 0. The monoisotopic (exact) mass is 355 g/mol. The van der Waals surface area contributed by atoms with Gasteiger partial charge in [-0.05, 0) is 57.7 Å². The summed E-state index contributed by atoms with van der Waals surface area (Å²) in [6.07, 6.45) is 2.93. The van der Waals surface area contributed by atoms with Crippen LogP contribution in [0.4, 0.5) is 8.78 Å². The van der Waals surface area contributed by atoms with Crippen molar-refractivity contribution in [1.29, 1.82) is 0 Å². The number of halogens is 2. The minimum Gasteiger partial charge on any atom is -0.374 e. The fourth-order valence-electron chi connectivity index (χ4n) is 4.82. The number of hydrogen-bond donors (Lipinski definition) is 0. The maximum Gasteiger partial charge on any atom is 0.269 e. The molecule has 1 spiro atoms. The Kier molecular flexibility index (Phi) is 5.46. The topological polar surface area (TPSA) is 9.72 Å². The highest BCUT2D eigenvalue weighted by Gasteiger charge is 2.62. The molecule has 0 atom stereocenters. The molecule has 0 amide bonds. The van der Waals surface area contributed by atoms with Crippen LogP contribution < -0.4 is 0 Å². The summed E-state index contributed by atoms with van der Waals surface area (Å²) in [7, 11) is 0. The van der Waals surface area contributed by atoms with E-state index in [0.29, 0.717) is 31.3 Å². The first-order valence-corrected chi connectivity index (χ1v) is 9.94. The molecule has 3 heterocycles. The van der Waals surface area contributed by atoms with Crippen LogP contribution >= 0.6 is 0 Å². The maximum absolute atomic E-state index is 14.8. The minimum atomic E-state index is -2.57. The lowest BCUT2D eigenvalue weighted by Gasteiger charge is -2.58. The molecule has 25 heavy (non-hydrogen) atoms. The highest BCUT2D eigenvalue weighted by molar-refractivity contribution is 5.12. The average molecular weight is 356 g/mol. The number of piperidine rings is 2. The molecule has 3 aliphatic heterocycles. The highest BCUT2D eigenvalue weighted by atomic mass is 19.3. The van der Waals surface area contributed by atoms with Gasteiger partial charge in [-0.2, -0.15) is 0 Å². The lowest BCUT2D eigenvalue weighted by molar-refractivity contribution is -0.219. The fourth-order valence-corrected chi connectivity index (χ4v) is 4.82. The lowest BCUT2D eigenvalue weighted by Crippen LogP contribution is -2.69. The standard InChI is InChI=1S/C20H35F2N3/c1-16(2)11-23-8-5-18(6-9-23)12-24-10-7-19(20(21,22)15-24)13-25(14-19)17(3)4/h16,18H,3,5-15H2,1-2,4H3. The Balaban J connectivity index is 1.47. The molecule has 5 heteroatoms. The summed E-state index contributed by atoms with van der Waals surface area (Å²) in [5, 5.41) is 0. The van der Waals surface area contributed by atoms with E-state index in [-0.39, 0.29) is 6.54 Å². The summed E-state index contributed by atoms with van der Waals surface area (Å²) < 4.78 is 29.7. The van der Waals surface area contributed by atoms with Crippen LogP contribution in [0.25, 0.3) is 0 Å². The number of alkyl halides is 2. The van der Waals surface area contributed by atoms with Crippen LogP contribution in [0.15, 0.2) is 12.3 Å². The molecule has 0 aromatic heterocycles. The first-order valence-electron chi connectivity index (χ1n) is 9.94. The minimum absolute atomic E-state index is 0.0523. The highest BCUT2D eigenvalue weighted by Crippen LogP contribution is 2.51. The second-order valence-electron chi connectivity index (χ2n) is 9.20. The summed E-state index contributed by atoms with van der Waals surface area (Å²) in [5.41, 5.74) is 0.111. The van der Waals surface area contributed by atoms with E-state index in [1.165, 1.54) is 0 Å². The van der Waals surface area contributed by atoms with Gasteiger partial charge in [-0.15, -0.1) is 0 Å². The third-order valence-electron chi connectivity index (χ3n) is 6.48. The van der Waals surface area contributed by atoms with E-state index >= 15 is 0 Å². The number of likely N-dealkylation sites (tertiary alicyclic amines) is 3. The third-order valence-corrected chi connectivity index (χ3v) is 6.48. The number of rotatable bonds is 5. The molecule has 0 radical (unpaired) electrons. The molecule has 0 aromatic carbocycles. The van der Waals surface area contributed by atoms with Crippen LogP contribution in [0.3, 0.4) is 0 Å². The second-order valence-corrected chi connectivity index (χ2v) is 9.20. The molecule has 144 valence electrons. The first-order chi connectivity index (χ1) is 11.7. The van der Waals surface area contributed by atoms with Crippen molar-refractivity contribution in [3.8, 4) is 0 Å². The summed E-state index contributed by atoms with van der Waals surface area (Å²) in [4.78, 5) is 6.56. The normalized spacial score (nSPS) is 27.7. The Hall–Kier alpha value is -0.680. The molecule has 3 saturated heterocycles. The van der Waals surface area contributed by atoms with Gasteiger partial charge in [0.05, 0.1) is 12.0 Å². The van der Waals surface area contributed by atoms with Gasteiger partial charge in [0.15, 0.2) is 0 Å². The molecule has 3 aliphatic rings. The SMILES string of the molecule is C=C(C)N1CC2(CCN(CC3CCN(CC(C)C)CC3)CC2(F)F)C1. The van der Waals surface area contributed by atoms with Gasteiger partial charge in [0.1, 0.15) is 0 Å². The number of hydrogen-bond acceptors (Lipinski definition) is 3. The van der Waals surface area contributed by atoms with E-state index in [0.717, 1.165) is 51.3 Å². The van der Waals surface area contributed by atoms with Crippen molar-refractivity contribution in [2.24, 2.45) is 17.3 Å². The van der Waals surface area contributed by atoms with Gasteiger partial charge in [-0.1, -0.05) is 20.4 Å². The fraction of sp³-hybridized carbons (Fsp3) is 0.900. The van der Waals surface area contributed by atoms with Crippen molar-refractivity contribution in [3.63, 3.8) is 0 Å². The van der Waals surface area contributed by atoms with Crippen LogP contribution in [0, 0.1) is 17.3 Å². The largest absolute Gasteiger partial charge is 0.374 e. The van der Waals surface area contributed by atoms with Crippen LogP contribution in [0.1, 0.15) is 40.0 Å². The molecule has 3 nitrogen and oxygen atoms in total. The molecule has 3 rings (SSSR count). The molecule has 0 unspecified atom stereocenters.